The van der Waals surface area contributed by atoms with Crippen LogP contribution < -0.4 is 4.74 Å². The van der Waals surface area contributed by atoms with E-state index in [0.29, 0.717) is 17.7 Å². The van der Waals surface area contributed by atoms with Crippen LogP contribution in [0.3, 0.4) is 0 Å². The summed E-state index contributed by atoms with van der Waals surface area (Å²) in [6.07, 6.45) is 0. The standard InChI is InChI=1S/C10H9FO2S/c1-2-13-9-5-14-10-4-8(12)7(11)3-6(9)10/h3-5,12H,2H2,1H3. The fourth-order valence-corrected chi connectivity index (χ4v) is 2.18. The van der Waals surface area contributed by atoms with Crippen molar-refractivity contribution in [3.63, 3.8) is 0 Å². The lowest BCUT2D eigenvalue weighted by atomic mass is 10.2. The monoisotopic (exact) mass is 212 g/mol. The Hall–Kier alpha value is -1.29. The van der Waals surface area contributed by atoms with Gasteiger partial charge in [-0.1, -0.05) is 0 Å². The van der Waals surface area contributed by atoms with Crippen molar-refractivity contribution >= 4 is 21.4 Å². The average Bonchev–Trinajstić information content (AvgIpc) is 2.51. The molecule has 0 saturated carbocycles. The average molecular weight is 212 g/mol. The fourth-order valence-electron chi connectivity index (χ4n) is 1.28. The van der Waals surface area contributed by atoms with Crippen molar-refractivity contribution in [3.05, 3.63) is 23.3 Å². The quantitative estimate of drug-likeness (QED) is 0.828. The van der Waals surface area contributed by atoms with E-state index >= 15 is 0 Å². The summed E-state index contributed by atoms with van der Waals surface area (Å²) in [7, 11) is 0. The van der Waals surface area contributed by atoms with Gasteiger partial charge in [0.1, 0.15) is 5.75 Å². The van der Waals surface area contributed by atoms with E-state index in [1.165, 1.54) is 23.5 Å². The van der Waals surface area contributed by atoms with E-state index in [2.05, 4.69) is 0 Å². The molecule has 0 amide bonds. The first kappa shape index (κ1) is 9.27. The zero-order valence-electron chi connectivity index (χ0n) is 7.58. The van der Waals surface area contributed by atoms with Gasteiger partial charge < -0.3 is 9.84 Å². The largest absolute Gasteiger partial charge is 0.505 e. The number of thiophene rings is 1. The van der Waals surface area contributed by atoms with Crippen LogP contribution in [0.25, 0.3) is 10.1 Å². The van der Waals surface area contributed by atoms with Crippen LogP contribution in [0.4, 0.5) is 4.39 Å². The summed E-state index contributed by atoms with van der Waals surface area (Å²) in [6, 6.07) is 2.71. The highest BCUT2D eigenvalue weighted by molar-refractivity contribution is 7.17. The number of aromatic hydroxyl groups is 1. The summed E-state index contributed by atoms with van der Waals surface area (Å²) in [4.78, 5) is 0. The van der Waals surface area contributed by atoms with E-state index in [1.54, 1.807) is 0 Å². The molecule has 1 aromatic heterocycles. The SMILES string of the molecule is CCOc1csc2cc(O)c(F)cc12. The number of benzene rings is 1. The lowest BCUT2D eigenvalue weighted by Crippen LogP contribution is -1.89. The van der Waals surface area contributed by atoms with Gasteiger partial charge in [0.2, 0.25) is 0 Å². The summed E-state index contributed by atoms with van der Waals surface area (Å²) < 4.78 is 19.2. The van der Waals surface area contributed by atoms with Crippen LogP contribution in [0.15, 0.2) is 17.5 Å². The number of phenols is 1. The van der Waals surface area contributed by atoms with Crippen LogP contribution in [0.1, 0.15) is 6.92 Å². The molecule has 0 spiro atoms. The molecule has 2 rings (SSSR count). The molecule has 0 fully saturated rings. The number of hydrogen-bond acceptors (Lipinski definition) is 3. The molecule has 0 bridgehead atoms. The number of fused-ring (bicyclic) bond motifs is 1. The predicted molar refractivity (Wildman–Crippen MR) is 54.6 cm³/mol. The van der Waals surface area contributed by atoms with Gasteiger partial charge in [-0.25, -0.2) is 4.39 Å². The molecule has 0 aliphatic rings. The molecule has 1 N–H and O–H groups in total. The third-order valence-corrected chi connectivity index (χ3v) is 2.83. The summed E-state index contributed by atoms with van der Waals surface area (Å²) in [5.41, 5.74) is 0. The van der Waals surface area contributed by atoms with Crippen molar-refractivity contribution in [2.45, 2.75) is 6.92 Å². The Morgan fingerprint density at radius 3 is 3.00 bits per heavy atom. The minimum Gasteiger partial charge on any atom is -0.505 e. The van der Waals surface area contributed by atoms with Crippen molar-refractivity contribution < 1.29 is 14.2 Å². The molecule has 4 heteroatoms. The van der Waals surface area contributed by atoms with Gasteiger partial charge in [0.25, 0.3) is 0 Å². The molecule has 0 aliphatic carbocycles. The van der Waals surface area contributed by atoms with Gasteiger partial charge in [-0.05, 0) is 13.0 Å². The molecule has 1 heterocycles. The smallest absolute Gasteiger partial charge is 0.165 e. The first-order valence-electron chi connectivity index (χ1n) is 4.25. The zero-order valence-corrected chi connectivity index (χ0v) is 8.40. The number of phenolic OH excluding ortho intramolecular Hbond substituents is 1. The van der Waals surface area contributed by atoms with E-state index in [0.717, 1.165) is 4.70 Å². The molecule has 14 heavy (non-hydrogen) atoms. The van der Waals surface area contributed by atoms with Gasteiger partial charge >= 0.3 is 0 Å². The Bertz CT molecular complexity index is 464. The third-order valence-electron chi connectivity index (χ3n) is 1.91. The van der Waals surface area contributed by atoms with E-state index in [-0.39, 0.29) is 5.75 Å². The van der Waals surface area contributed by atoms with Crippen molar-refractivity contribution in [1.82, 2.24) is 0 Å². The van der Waals surface area contributed by atoms with Crippen molar-refractivity contribution in [2.75, 3.05) is 6.61 Å². The highest BCUT2D eigenvalue weighted by Crippen LogP contribution is 2.35. The zero-order chi connectivity index (χ0) is 10.1. The van der Waals surface area contributed by atoms with Gasteiger partial charge in [-0.2, -0.15) is 0 Å². The molecule has 0 atom stereocenters. The van der Waals surface area contributed by atoms with E-state index in [4.69, 9.17) is 9.84 Å². The Balaban J connectivity index is 2.61. The Morgan fingerprint density at radius 2 is 2.29 bits per heavy atom. The van der Waals surface area contributed by atoms with Crippen molar-refractivity contribution in [3.8, 4) is 11.5 Å². The van der Waals surface area contributed by atoms with E-state index in [9.17, 15) is 4.39 Å². The van der Waals surface area contributed by atoms with Gasteiger partial charge in [0.05, 0.1) is 6.61 Å². The third kappa shape index (κ3) is 1.42. The van der Waals surface area contributed by atoms with Gasteiger partial charge in [-0.3, -0.25) is 0 Å². The molecule has 2 nitrogen and oxygen atoms in total. The topological polar surface area (TPSA) is 29.5 Å². The van der Waals surface area contributed by atoms with Crippen molar-refractivity contribution in [2.24, 2.45) is 0 Å². The minimum absolute atomic E-state index is 0.317. The Labute approximate surface area is 84.6 Å². The maximum atomic E-state index is 13.0. The van der Waals surface area contributed by atoms with Crippen LogP contribution in [0.2, 0.25) is 0 Å². The maximum absolute atomic E-state index is 13.0. The molecule has 1 aromatic carbocycles. The fraction of sp³-hybridized carbons (Fsp3) is 0.200. The Kier molecular flexibility index (Phi) is 2.29. The molecular weight excluding hydrogens is 203 g/mol. The molecule has 0 unspecified atom stereocenters. The second kappa shape index (κ2) is 3.46. The van der Waals surface area contributed by atoms with Crippen LogP contribution in [0.5, 0.6) is 11.5 Å². The van der Waals surface area contributed by atoms with E-state index in [1.807, 2.05) is 12.3 Å². The minimum atomic E-state index is -0.614. The van der Waals surface area contributed by atoms with Gasteiger partial charge in [0, 0.05) is 21.5 Å². The molecule has 2 aromatic rings. The predicted octanol–water partition coefficient (Wildman–Crippen LogP) is 3.14. The van der Waals surface area contributed by atoms with Crippen LogP contribution in [0, 0.1) is 5.82 Å². The normalized spacial score (nSPS) is 10.7. The van der Waals surface area contributed by atoms with Crippen LogP contribution in [-0.4, -0.2) is 11.7 Å². The van der Waals surface area contributed by atoms with Crippen LogP contribution >= 0.6 is 11.3 Å². The highest BCUT2D eigenvalue weighted by atomic mass is 32.1. The second-order valence-electron chi connectivity index (χ2n) is 2.83. The number of rotatable bonds is 2. The first-order valence-corrected chi connectivity index (χ1v) is 5.13. The summed E-state index contributed by atoms with van der Waals surface area (Å²) in [6.45, 7) is 2.43. The lowest BCUT2D eigenvalue weighted by Gasteiger charge is -2.00. The molecule has 0 aliphatic heterocycles. The van der Waals surface area contributed by atoms with Gasteiger partial charge in [0.15, 0.2) is 11.6 Å². The molecule has 0 saturated heterocycles. The summed E-state index contributed by atoms with van der Waals surface area (Å²) >= 11 is 1.43. The number of hydrogen-bond donors (Lipinski definition) is 1. The highest BCUT2D eigenvalue weighted by Gasteiger charge is 2.09. The maximum Gasteiger partial charge on any atom is 0.165 e. The molecule has 74 valence electrons. The first-order chi connectivity index (χ1) is 6.72. The van der Waals surface area contributed by atoms with Gasteiger partial charge in [-0.15, -0.1) is 11.3 Å². The second-order valence-corrected chi connectivity index (χ2v) is 3.74. The molecule has 0 radical (unpaired) electrons. The summed E-state index contributed by atoms with van der Waals surface area (Å²) in [5, 5.41) is 11.7. The van der Waals surface area contributed by atoms with Crippen LogP contribution in [-0.2, 0) is 0 Å². The number of halogens is 1. The van der Waals surface area contributed by atoms with E-state index < -0.39 is 5.82 Å². The summed E-state index contributed by atoms with van der Waals surface area (Å²) in [5.74, 6) is -0.259. The van der Waals surface area contributed by atoms with Crippen molar-refractivity contribution in [1.29, 1.82) is 0 Å². The number of ether oxygens (including phenoxy) is 1. The lowest BCUT2D eigenvalue weighted by molar-refractivity contribution is 0.345. The Morgan fingerprint density at radius 1 is 1.50 bits per heavy atom. The molecular formula is C10H9FO2S.